The summed E-state index contributed by atoms with van der Waals surface area (Å²) in [5.41, 5.74) is 4.52. The van der Waals surface area contributed by atoms with Crippen LogP contribution in [0.3, 0.4) is 0 Å². The van der Waals surface area contributed by atoms with Crippen molar-refractivity contribution in [2.24, 2.45) is 4.99 Å². The van der Waals surface area contributed by atoms with E-state index in [9.17, 15) is 9.59 Å². The van der Waals surface area contributed by atoms with Crippen LogP contribution in [-0.4, -0.2) is 41.1 Å². The normalized spacial score (nSPS) is 14.6. The number of allylic oxidation sites excluding steroid dienone is 1. The summed E-state index contributed by atoms with van der Waals surface area (Å²) in [4.78, 5) is 32.4. The molecular weight excluding hydrogens is 588 g/mol. The molecule has 0 fully saturated rings. The number of para-hydroxylation sites is 1. The van der Waals surface area contributed by atoms with Gasteiger partial charge in [-0.15, -0.1) is 0 Å². The molecule has 1 aliphatic rings. The summed E-state index contributed by atoms with van der Waals surface area (Å²) in [5, 5.41) is 4.92. The zero-order valence-corrected chi connectivity index (χ0v) is 26.2. The van der Waals surface area contributed by atoms with Crippen molar-refractivity contribution in [2.75, 3.05) is 20.8 Å². The van der Waals surface area contributed by atoms with Crippen LogP contribution in [0.25, 0.3) is 23.0 Å². The molecule has 5 aromatic rings. The largest absolute Gasteiger partial charge is 0.497 e. The van der Waals surface area contributed by atoms with Crippen molar-refractivity contribution in [3.63, 3.8) is 0 Å². The lowest BCUT2D eigenvalue weighted by Crippen LogP contribution is -2.39. The first kappa shape index (κ1) is 29.8. The van der Waals surface area contributed by atoms with Crippen LogP contribution < -0.4 is 24.4 Å². The zero-order chi connectivity index (χ0) is 31.5. The second-order valence-corrected chi connectivity index (χ2v) is 11.4. The molecule has 0 saturated carbocycles. The Morgan fingerprint density at radius 3 is 2.36 bits per heavy atom. The first-order chi connectivity index (χ1) is 21.9. The van der Waals surface area contributed by atoms with Crippen molar-refractivity contribution in [1.82, 2.24) is 14.3 Å². The monoisotopic (exact) mass is 620 g/mol. The molecule has 9 nitrogen and oxygen atoms in total. The molecule has 6 rings (SSSR count). The summed E-state index contributed by atoms with van der Waals surface area (Å²) < 4.78 is 20.1. The lowest BCUT2D eigenvalue weighted by Gasteiger charge is -2.24. The Hall–Kier alpha value is -5.22. The molecular formula is C35H32N4O5S. The minimum atomic E-state index is -0.719. The van der Waals surface area contributed by atoms with E-state index in [0.29, 0.717) is 38.7 Å². The van der Waals surface area contributed by atoms with Crippen molar-refractivity contribution in [3.05, 3.63) is 127 Å². The van der Waals surface area contributed by atoms with Gasteiger partial charge >= 0.3 is 5.97 Å². The minimum absolute atomic E-state index is 0.268. The number of ether oxygens (including phenoxy) is 3. The molecule has 2 aromatic heterocycles. The average molecular weight is 621 g/mol. The van der Waals surface area contributed by atoms with Gasteiger partial charge in [0.1, 0.15) is 17.2 Å². The summed E-state index contributed by atoms with van der Waals surface area (Å²) in [7, 11) is 2.91. The number of thiazole rings is 1. The van der Waals surface area contributed by atoms with Crippen LogP contribution in [0.2, 0.25) is 0 Å². The van der Waals surface area contributed by atoms with E-state index in [1.54, 1.807) is 35.4 Å². The number of carbonyl (C=O) groups excluding carboxylic acids is 1. The number of benzene rings is 3. The van der Waals surface area contributed by atoms with E-state index in [1.807, 2.05) is 79.0 Å². The Balaban J connectivity index is 1.52. The van der Waals surface area contributed by atoms with Gasteiger partial charge in [-0.2, -0.15) is 5.10 Å². The van der Waals surface area contributed by atoms with E-state index in [1.165, 1.54) is 18.4 Å². The molecule has 228 valence electrons. The summed E-state index contributed by atoms with van der Waals surface area (Å²) in [6, 6.07) is 24.2. The fourth-order valence-electron chi connectivity index (χ4n) is 5.29. The number of hydrogen-bond donors (Lipinski definition) is 0. The van der Waals surface area contributed by atoms with Gasteiger partial charge in [-0.3, -0.25) is 9.36 Å². The van der Waals surface area contributed by atoms with Gasteiger partial charge in [0.25, 0.3) is 5.56 Å². The highest BCUT2D eigenvalue weighted by Gasteiger charge is 2.33. The fraction of sp³-hybridized carbons (Fsp3) is 0.200. The van der Waals surface area contributed by atoms with E-state index in [0.717, 1.165) is 34.5 Å². The van der Waals surface area contributed by atoms with Gasteiger partial charge in [-0.25, -0.2) is 14.5 Å². The Morgan fingerprint density at radius 2 is 1.69 bits per heavy atom. The molecule has 0 aliphatic carbocycles. The molecule has 0 radical (unpaired) electrons. The maximum absolute atomic E-state index is 14.2. The Bertz CT molecular complexity index is 2060. The fourth-order valence-corrected chi connectivity index (χ4v) is 6.33. The van der Waals surface area contributed by atoms with Gasteiger partial charge in [0, 0.05) is 17.3 Å². The van der Waals surface area contributed by atoms with Gasteiger partial charge < -0.3 is 14.2 Å². The van der Waals surface area contributed by atoms with E-state index in [-0.39, 0.29) is 5.56 Å². The van der Waals surface area contributed by atoms with Gasteiger partial charge in [0.2, 0.25) is 0 Å². The molecule has 45 heavy (non-hydrogen) atoms. The number of carbonyl (C=O) groups is 1. The lowest BCUT2D eigenvalue weighted by molar-refractivity contribution is -0.136. The third kappa shape index (κ3) is 5.84. The van der Waals surface area contributed by atoms with Crippen molar-refractivity contribution in [3.8, 4) is 28.4 Å². The van der Waals surface area contributed by atoms with Crippen molar-refractivity contribution < 1.29 is 19.0 Å². The summed E-state index contributed by atoms with van der Waals surface area (Å²) in [6.45, 7) is 4.47. The topological polar surface area (TPSA) is 96.9 Å². The lowest BCUT2D eigenvalue weighted by atomic mass is 9.96. The highest BCUT2D eigenvalue weighted by Crippen LogP contribution is 2.32. The number of aromatic nitrogens is 3. The molecule has 3 aromatic carbocycles. The Morgan fingerprint density at radius 1 is 0.978 bits per heavy atom. The average Bonchev–Trinajstić information content (AvgIpc) is 3.63. The Labute approximate surface area is 264 Å². The highest BCUT2D eigenvalue weighted by atomic mass is 32.1. The number of esters is 1. The van der Waals surface area contributed by atoms with Crippen LogP contribution in [0.15, 0.2) is 106 Å². The molecule has 0 saturated heterocycles. The van der Waals surface area contributed by atoms with Gasteiger partial charge in [0.05, 0.1) is 48.4 Å². The predicted molar refractivity (Wildman–Crippen MR) is 174 cm³/mol. The number of fused-ring (bicyclic) bond motifs is 1. The summed E-state index contributed by atoms with van der Waals surface area (Å²) in [5.74, 6) is 0.914. The van der Waals surface area contributed by atoms with Gasteiger partial charge in [0.15, 0.2) is 4.80 Å². The molecule has 0 amide bonds. The standard InChI is InChI=1S/C35H32N4O5S/c1-5-19-44-28-17-11-23(12-18-28)31-25(21-38(37-31)26-9-7-6-8-10-26)20-29-33(40)39-32(24-13-15-27(42-3)16-14-24)30(34(41)43-4)22(2)36-35(39)45-29/h6-18,20-21,32H,5,19H2,1-4H3. The third-order valence-corrected chi connectivity index (χ3v) is 8.49. The van der Waals surface area contributed by atoms with E-state index in [2.05, 4.69) is 11.9 Å². The van der Waals surface area contributed by atoms with Crippen LogP contribution >= 0.6 is 11.3 Å². The first-order valence-electron chi connectivity index (χ1n) is 14.5. The number of nitrogens with zero attached hydrogens (tertiary/aromatic N) is 4. The predicted octanol–water partition coefficient (Wildman–Crippen LogP) is 5.06. The number of hydrogen-bond acceptors (Lipinski definition) is 8. The van der Waals surface area contributed by atoms with E-state index < -0.39 is 12.0 Å². The van der Waals surface area contributed by atoms with Crippen LogP contribution in [-0.2, 0) is 9.53 Å². The van der Waals surface area contributed by atoms with E-state index in [4.69, 9.17) is 19.3 Å². The molecule has 1 aliphatic heterocycles. The molecule has 10 heteroatoms. The third-order valence-electron chi connectivity index (χ3n) is 7.51. The second kappa shape index (κ2) is 12.8. The van der Waals surface area contributed by atoms with Crippen molar-refractivity contribution in [2.45, 2.75) is 26.3 Å². The highest BCUT2D eigenvalue weighted by molar-refractivity contribution is 7.07. The van der Waals surface area contributed by atoms with Gasteiger partial charge in [-0.05, 0) is 73.5 Å². The quantitative estimate of drug-likeness (QED) is 0.214. The molecule has 0 spiro atoms. The smallest absolute Gasteiger partial charge is 0.338 e. The van der Waals surface area contributed by atoms with Crippen LogP contribution in [0.4, 0.5) is 0 Å². The summed E-state index contributed by atoms with van der Waals surface area (Å²) >= 11 is 1.27. The van der Waals surface area contributed by atoms with Crippen molar-refractivity contribution in [1.29, 1.82) is 0 Å². The Kier molecular flexibility index (Phi) is 8.48. The van der Waals surface area contributed by atoms with Crippen molar-refractivity contribution >= 4 is 23.4 Å². The number of rotatable bonds is 9. The zero-order valence-electron chi connectivity index (χ0n) is 25.4. The maximum atomic E-state index is 14.2. The molecule has 0 bridgehead atoms. The van der Waals surface area contributed by atoms with Crippen LogP contribution in [0.1, 0.15) is 37.4 Å². The summed E-state index contributed by atoms with van der Waals surface area (Å²) in [6.07, 6.45) is 4.68. The molecule has 3 heterocycles. The van der Waals surface area contributed by atoms with Crippen LogP contribution in [0, 0.1) is 0 Å². The SMILES string of the molecule is CCCOc1ccc(-c2nn(-c3ccccc3)cc2C=c2sc3n(c2=O)C(c2ccc(OC)cc2)C(C(=O)OC)=C(C)N=3)cc1. The van der Waals surface area contributed by atoms with E-state index >= 15 is 0 Å². The maximum Gasteiger partial charge on any atom is 0.338 e. The number of methoxy groups -OCH3 is 2. The molecule has 1 unspecified atom stereocenters. The first-order valence-corrected chi connectivity index (χ1v) is 15.4. The second-order valence-electron chi connectivity index (χ2n) is 10.4. The molecule has 1 atom stereocenters. The van der Waals surface area contributed by atoms with Gasteiger partial charge in [-0.1, -0.05) is 48.6 Å². The molecule has 0 N–H and O–H groups in total. The van der Waals surface area contributed by atoms with Crippen LogP contribution in [0.5, 0.6) is 11.5 Å². The minimum Gasteiger partial charge on any atom is -0.497 e.